The van der Waals surface area contributed by atoms with Crippen molar-refractivity contribution >= 4 is 17.7 Å². The van der Waals surface area contributed by atoms with Crippen LogP contribution in [0.4, 0.5) is 5.69 Å². The first-order valence-electron chi connectivity index (χ1n) is 9.81. The number of carbonyl (C=O) groups is 1. The number of aromatic nitrogens is 1. The molecule has 0 aliphatic rings. The molecule has 152 valence electrons. The molecule has 0 aliphatic carbocycles. The molecule has 2 aromatic carbocycles. The molecule has 1 heterocycles. The highest BCUT2D eigenvalue weighted by atomic mass is 16.3. The summed E-state index contributed by atoms with van der Waals surface area (Å²) in [6.45, 7) is 8.30. The molecule has 0 saturated heterocycles. The number of aryl methyl sites for hydroxylation is 1. The van der Waals surface area contributed by atoms with Crippen molar-refractivity contribution in [2.24, 2.45) is 0 Å². The highest BCUT2D eigenvalue weighted by Gasteiger charge is 2.14. The van der Waals surface area contributed by atoms with Gasteiger partial charge in [0.2, 0.25) is 0 Å². The molecule has 1 amide bonds. The summed E-state index contributed by atoms with van der Waals surface area (Å²) in [5, 5.41) is 21.6. The average Bonchev–Trinajstić information content (AvgIpc) is 3.00. The fourth-order valence-corrected chi connectivity index (χ4v) is 3.39. The number of nitrogens with one attached hydrogen (secondary N) is 1. The molecular formula is C25H25N3O2. The Morgan fingerprint density at radius 1 is 1.10 bits per heavy atom. The third-order valence-electron chi connectivity index (χ3n) is 5.08. The normalized spacial score (nSPS) is 11.4. The number of phenols is 1. The molecule has 0 saturated carbocycles. The van der Waals surface area contributed by atoms with E-state index in [9.17, 15) is 15.2 Å². The predicted molar refractivity (Wildman–Crippen MR) is 120 cm³/mol. The first kappa shape index (κ1) is 20.9. The van der Waals surface area contributed by atoms with Gasteiger partial charge in [-0.05, 0) is 79.4 Å². The summed E-state index contributed by atoms with van der Waals surface area (Å²) in [5.41, 5.74) is 5.63. The summed E-state index contributed by atoms with van der Waals surface area (Å²) >= 11 is 0. The Morgan fingerprint density at radius 3 is 2.30 bits per heavy atom. The fourth-order valence-electron chi connectivity index (χ4n) is 3.39. The highest BCUT2D eigenvalue weighted by Crippen LogP contribution is 2.25. The minimum Gasteiger partial charge on any atom is -0.508 e. The number of amides is 1. The van der Waals surface area contributed by atoms with Gasteiger partial charge < -0.3 is 15.0 Å². The molecule has 0 radical (unpaired) electrons. The van der Waals surface area contributed by atoms with Gasteiger partial charge >= 0.3 is 0 Å². The highest BCUT2D eigenvalue weighted by molar-refractivity contribution is 6.09. The van der Waals surface area contributed by atoms with E-state index in [4.69, 9.17) is 0 Å². The Balaban J connectivity index is 1.90. The Kier molecular flexibility index (Phi) is 6.08. The topological polar surface area (TPSA) is 78.1 Å². The van der Waals surface area contributed by atoms with Crippen LogP contribution in [0, 0.1) is 25.2 Å². The molecule has 0 bridgehead atoms. The van der Waals surface area contributed by atoms with E-state index >= 15 is 0 Å². The van der Waals surface area contributed by atoms with Gasteiger partial charge in [-0.15, -0.1) is 0 Å². The lowest BCUT2D eigenvalue weighted by molar-refractivity contribution is -0.112. The van der Waals surface area contributed by atoms with E-state index in [2.05, 4.69) is 48.0 Å². The summed E-state index contributed by atoms with van der Waals surface area (Å²) in [4.78, 5) is 12.5. The van der Waals surface area contributed by atoms with Crippen LogP contribution in [0.5, 0.6) is 5.75 Å². The minimum atomic E-state index is -0.491. The van der Waals surface area contributed by atoms with Crippen molar-refractivity contribution in [2.45, 2.75) is 33.6 Å². The van der Waals surface area contributed by atoms with Crippen LogP contribution in [0.3, 0.4) is 0 Å². The number of aromatic hydroxyl groups is 1. The second-order valence-electron chi connectivity index (χ2n) is 7.58. The van der Waals surface area contributed by atoms with Gasteiger partial charge in [-0.25, -0.2) is 0 Å². The third-order valence-corrected chi connectivity index (χ3v) is 5.08. The average molecular weight is 399 g/mol. The molecular weight excluding hydrogens is 374 g/mol. The van der Waals surface area contributed by atoms with E-state index in [-0.39, 0.29) is 11.3 Å². The van der Waals surface area contributed by atoms with Crippen molar-refractivity contribution in [1.82, 2.24) is 4.57 Å². The van der Waals surface area contributed by atoms with Crippen LogP contribution in [0.25, 0.3) is 11.8 Å². The third kappa shape index (κ3) is 4.44. The number of phenolic OH excluding ortho intramolecular Hbond substituents is 1. The number of nitrogens with zero attached hydrogens (tertiary/aromatic N) is 2. The van der Waals surface area contributed by atoms with Crippen molar-refractivity contribution in [2.75, 3.05) is 5.32 Å². The first-order chi connectivity index (χ1) is 14.3. The van der Waals surface area contributed by atoms with Gasteiger partial charge in [0, 0.05) is 22.8 Å². The zero-order valence-electron chi connectivity index (χ0n) is 17.6. The summed E-state index contributed by atoms with van der Waals surface area (Å²) in [6.07, 6.45) is 1.61. The first-order valence-corrected chi connectivity index (χ1v) is 9.81. The molecule has 5 heteroatoms. The second-order valence-corrected chi connectivity index (χ2v) is 7.58. The van der Waals surface area contributed by atoms with Crippen molar-refractivity contribution in [3.63, 3.8) is 0 Å². The number of benzene rings is 2. The SMILES string of the molecule is Cc1cc(/C=C(/C#N)C(=O)Nc2ccc(O)cc2)c(C)n1-c1ccc(C(C)C)cc1. The summed E-state index contributed by atoms with van der Waals surface area (Å²) < 4.78 is 2.11. The molecule has 5 nitrogen and oxygen atoms in total. The summed E-state index contributed by atoms with van der Waals surface area (Å²) in [6, 6.07) is 18.5. The number of rotatable bonds is 5. The largest absolute Gasteiger partial charge is 0.508 e. The minimum absolute atomic E-state index is 0.0125. The number of nitriles is 1. The van der Waals surface area contributed by atoms with Crippen LogP contribution in [0.1, 0.15) is 42.3 Å². The lowest BCUT2D eigenvalue weighted by Crippen LogP contribution is -2.13. The fraction of sp³-hybridized carbons (Fsp3) is 0.200. The summed E-state index contributed by atoms with van der Waals surface area (Å²) in [7, 11) is 0. The van der Waals surface area contributed by atoms with Gasteiger partial charge in [0.05, 0.1) is 0 Å². The molecule has 0 unspecified atom stereocenters. The van der Waals surface area contributed by atoms with Crippen molar-refractivity contribution < 1.29 is 9.90 Å². The van der Waals surface area contributed by atoms with Gasteiger partial charge in [-0.3, -0.25) is 4.79 Å². The molecule has 1 aromatic heterocycles. The second kappa shape index (κ2) is 8.71. The number of anilines is 1. The van der Waals surface area contributed by atoms with Crippen LogP contribution in [-0.4, -0.2) is 15.6 Å². The van der Waals surface area contributed by atoms with Crippen LogP contribution in [-0.2, 0) is 4.79 Å². The summed E-state index contributed by atoms with van der Waals surface area (Å²) in [5.74, 6) is 0.0851. The molecule has 3 rings (SSSR count). The van der Waals surface area contributed by atoms with E-state index in [0.717, 1.165) is 22.6 Å². The van der Waals surface area contributed by atoms with E-state index in [1.54, 1.807) is 18.2 Å². The van der Waals surface area contributed by atoms with Crippen molar-refractivity contribution in [1.29, 1.82) is 5.26 Å². The Hall–Kier alpha value is -3.78. The molecule has 2 N–H and O–H groups in total. The maximum atomic E-state index is 12.5. The molecule has 0 atom stereocenters. The van der Waals surface area contributed by atoms with Gasteiger partial charge in [-0.1, -0.05) is 26.0 Å². The molecule has 0 spiro atoms. The van der Waals surface area contributed by atoms with Gasteiger partial charge in [0.15, 0.2) is 0 Å². The van der Waals surface area contributed by atoms with E-state index < -0.39 is 5.91 Å². The van der Waals surface area contributed by atoms with Crippen LogP contribution in [0.15, 0.2) is 60.2 Å². The lowest BCUT2D eigenvalue weighted by atomic mass is 10.0. The van der Waals surface area contributed by atoms with Gasteiger partial charge in [0.25, 0.3) is 5.91 Å². The molecule has 0 fully saturated rings. The smallest absolute Gasteiger partial charge is 0.266 e. The monoisotopic (exact) mass is 399 g/mol. The maximum Gasteiger partial charge on any atom is 0.266 e. The van der Waals surface area contributed by atoms with Crippen LogP contribution in [0.2, 0.25) is 0 Å². The van der Waals surface area contributed by atoms with Crippen LogP contribution < -0.4 is 5.32 Å². The standard InChI is InChI=1S/C25H25N3O2/c1-16(2)19-5-9-23(10-6-19)28-17(3)13-20(18(28)4)14-21(15-26)25(30)27-22-7-11-24(29)12-8-22/h5-14,16,29H,1-4H3,(H,27,30)/b21-14-. The lowest BCUT2D eigenvalue weighted by Gasteiger charge is -2.12. The number of hydrogen-bond donors (Lipinski definition) is 2. The zero-order valence-corrected chi connectivity index (χ0v) is 17.6. The van der Waals surface area contributed by atoms with E-state index in [1.807, 2.05) is 26.0 Å². The van der Waals surface area contributed by atoms with E-state index in [0.29, 0.717) is 11.6 Å². The maximum absolute atomic E-state index is 12.5. The zero-order chi connectivity index (χ0) is 21.8. The molecule has 30 heavy (non-hydrogen) atoms. The Labute approximate surface area is 176 Å². The molecule has 0 aliphatic heterocycles. The Bertz CT molecular complexity index is 1130. The van der Waals surface area contributed by atoms with Crippen molar-refractivity contribution in [3.8, 4) is 17.5 Å². The number of hydrogen-bond acceptors (Lipinski definition) is 3. The predicted octanol–water partition coefficient (Wildman–Crippen LogP) is 5.47. The van der Waals surface area contributed by atoms with Crippen molar-refractivity contribution in [3.05, 3.63) is 82.7 Å². The van der Waals surface area contributed by atoms with Gasteiger partial charge in [-0.2, -0.15) is 5.26 Å². The van der Waals surface area contributed by atoms with Gasteiger partial charge in [0.1, 0.15) is 17.4 Å². The quantitative estimate of drug-likeness (QED) is 0.339. The molecule has 3 aromatic rings. The Morgan fingerprint density at radius 2 is 1.73 bits per heavy atom. The number of carbonyl (C=O) groups excluding carboxylic acids is 1. The van der Waals surface area contributed by atoms with Crippen LogP contribution >= 0.6 is 0 Å². The van der Waals surface area contributed by atoms with E-state index in [1.165, 1.54) is 17.7 Å².